The van der Waals surface area contributed by atoms with Crippen molar-refractivity contribution in [2.24, 2.45) is 0 Å². The maximum absolute atomic E-state index is 11.6. The van der Waals surface area contributed by atoms with Crippen LogP contribution >= 0.6 is 0 Å². The van der Waals surface area contributed by atoms with E-state index in [1.807, 2.05) is 18.2 Å². The van der Waals surface area contributed by atoms with Crippen LogP contribution in [0.1, 0.15) is 31.2 Å². The Morgan fingerprint density at radius 2 is 2.10 bits per heavy atom. The van der Waals surface area contributed by atoms with E-state index in [1.165, 1.54) is 38.4 Å². The van der Waals surface area contributed by atoms with E-state index in [-0.39, 0.29) is 5.97 Å². The number of aryl methyl sites for hydroxylation is 1. The van der Waals surface area contributed by atoms with E-state index >= 15 is 0 Å². The van der Waals surface area contributed by atoms with Crippen LogP contribution in [0.4, 0.5) is 0 Å². The number of hydrogen-bond donors (Lipinski definition) is 0. The van der Waals surface area contributed by atoms with Gasteiger partial charge in [0.1, 0.15) is 12.4 Å². The van der Waals surface area contributed by atoms with Crippen molar-refractivity contribution in [3.63, 3.8) is 0 Å². The molecule has 1 aliphatic carbocycles. The van der Waals surface area contributed by atoms with Crippen molar-refractivity contribution in [1.29, 1.82) is 0 Å². The lowest BCUT2D eigenvalue weighted by Gasteiger charge is -2.27. The summed E-state index contributed by atoms with van der Waals surface area (Å²) in [5, 5.41) is 0. The highest BCUT2D eigenvalue weighted by Crippen LogP contribution is 2.23. The molecule has 1 aliphatic rings. The van der Waals surface area contributed by atoms with E-state index in [9.17, 15) is 4.79 Å². The molecule has 1 saturated carbocycles. The number of benzene rings is 1. The quantitative estimate of drug-likeness (QED) is 0.724. The Hall–Kier alpha value is -1.55. The topological polar surface area (TPSA) is 38.8 Å². The molecule has 0 unspecified atom stereocenters. The Kier molecular flexibility index (Phi) is 6.05. The molecule has 2 rings (SSSR count). The van der Waals surface area contributed by atoms with Crippen molar-refractivity contribution in [3.8, 4) is 5.75 Å². The predicted molar refractivity (Wildman–Crippen MR) is 82.5 cm³/mol. The van der Waals surface area contributed by atoms with Crippen molar-refractivity contribution >= 4 is 5.97 Å². The van der Waals surface area contributed by atoms with Crippen LogP contribution in [-0.4, -0.2) is 43.7 Å². The molecule has 0 radical (unpaired) electrons. The molecule has 0 heterocycles. The zero-order valence-corrected chi connectivity index (χ0v) is 13.0. The highest BCUT2D eigenvalue weighted by atomic mass is 16.5. The average Bonchev–Trinajstić information content (AvgIpc) is 3.00. The summed E-state index contributed by atoms with van der Waals surface area (Å²) >= 11 is 0. The molecule has 1 fully saturated rings. The van der Waals surface area contributed by atoms with Gasteiger partial charge in [-0.3, -0.25) is 9.69 Å². The summed E-state index contributed by atoms with van der Waals surface area (Å²) in [6.45, 7) is 3.76. The first-order valence-corrected chi connectivity index (χ1v) is 7.69. The first kappa shape index (κ1) is 15.8. The van der Waals surface area contributed by atoms with Gasteiger partial charge in [-0.2, -0.15) is 0 Å². The third kappa shape index (κ3) is 5.05. The minimum absolute atomic E-state index is 0.169. The molecule has 4 nitrogen and oxygen atoms in total. The smallest absolute Gasteiger partial charge is 0.319 e. The highest BCUT2D eigenvalue weighted by molar-refractivity contribution is 5.71. The molecule has 4 heteroatoms. The lowest BCUT2D eigenvalue weighted by molar-refractivity contribution is -0.142. The van der Waals surface area contributed by atoms with Crippen molar-refractivity contribution in [2.75, 3.05) is 26.8 Å². The molecule has 0 aromatic heterocycles. The third-order valence-corrected chi connectivity index (χ3v) is 4.04. The van der Waals surface area contributed by atoms with Gasteiger partial charge >= 0.3 is 5.97 Å². The molecule has 1 aromatic rings. The fourth-order valence-electron chi connectivity index (χ4n) is 2.88. The lowest BCUT2D eigenvalue weighted by atomic mass is 10.2. The molecule has 0 N–H and O–H groups in total. The predicted octanol–water partition coefficient (Wildman–Crippen LogP) is 2.79. The van der Waals surface area contributed by atoms with Gasteiger partial charge in [0.25, 0.3) is 0 Å². The molecule has 0 amide bonds. The number of hydrogen-bond acceptors (Lipinski definition) is 4. The van der Waals surface area contributed by atoms with Crippen LogP contribution in [0.15, 0.2) is 24.3 Å². The summed E-state index contributed by atoms with van der Waals surface area (Å²) in [6.07, 6.45) is 4.84. The lowest BCUT2D eigenvalue weighted by Crippen LogP contribution is -2.40. The van der Waals surface area contributed by atoms with Crippen molar-refractivity contribution in [2.45, 2.75) is 38.6 Å². The van der Waals surface area contributed by atoms with Crippen molar-refractivity contribution < 1.29 is 14.3 Å². The molecule has 116 valence electrons. The summed E-state index contributed by atoms with van der Waals surface area (Å²) in [4.78, 5) is 13.8. The molecule has 21 heavy (non-hydrogen) atoms. The zero-order valence-electron chi connectivity index (χ0n) is 13.0. The van der Waals surface area contributed by atoms with Crippen LogP contribution in [0.25, 0.3) is 0 Å². The summed E-state index contributed by atoms with van der Waals surface area (Å²) in [5.41, 5.74) is 1.19. The average molecular weight is 291 g/mol. The molecule has 0 saturated heterocycles. The second-order valence-electron chi connectivity index (χ2n) is 5.65. The van der Waals surface area contributed by atoms with Gasteiger partial charge in [-0.15, -0.1) is 0 Å². The Labute approximate surface area is 127 Å². The second kappa shape index (κ2) is 8.03. The van der Waals surface area contributed by atoms with Crippen LogP contribution in [0.2, 0.25) is 0 Å². The Balaban J connectivity index is 1.84. The SMILES string of the molecule is COC(=O)CN(CCOc1cccc(C)c1)C1CCCC1. The monoisotopic (exact) mass is 291 g/mol. The Morgan fingerprint density at radius 3 is 2.76 bits per heavy atom. The molecule has 0 spiro atoms. The van der Waals surface area contributed by atoms with Crippen LogP contribution in [0.5, 0.6) is 5.75 Å². The van der Waals surface area contributed by atoms with E-state index in [0.29, 0.717) is 19.2 Å². The van der Waals surface area contributed by atoms with Gasteiger partial charge in [0.15, 0.2) is 0 Å². The van der Waals surface area contributed by atoms with Crippen LogP contribution in [-0.2, 0) is 9.53 Å². The largest absolute Gasteiger partial charge is 0.492 e. The molecular formula is C17H25NO3. The second-order valence-corrected chi connectivity index (χ2v) is 5.65. The normalized spacial score (nSPS) is 15.4. The number of carbonyl (C=O) groups is 1. The first-order chi connectivity index (χ1) is 10.2. The summed E-state index contributed by atoms with van der Waals surface area (Å²) < 4.78 is 10.6. The summed E-state index contributed by atoms with van der Waals surface area (Å²) in [6, 6.07) is 8.53. The van der Waals surface area contributed by atoms with Gasteiger partial charge in [0.2, 0.25) is 0 Å². The van der Waals surface area contributed by atoms with Crippen LogP contribution in [0.3, 0.4) is 0 Å². The molecule has 1 aromatic carbocycles. The number of carbonyl (C=O) groups excluding carboxylic acids is 1. The highest BCUT2D eigenvalue weighted by Gasteiger charge is 2.24. The van der Waals surface area contributed by atoms with Crippen molar-refractivity contribution in [3.05, 3.63) is 29.8 Å². The number of nitrogens with zero attached hydrogens (tertiary/aromatic N) is 1. The van der Waals surface area contributed by atoms with Crippen LogP contribution in [0, 0.1) is 6.92 Å². The Bertz CT molecular complexity index is 455. The molecule has 0 aliphatic heterocycles. The number of rotatable bonds is 7. The Morgan fingerprint density at radius 1 is 1.33 bits per heavy atom. The maximum Gasteiger partial charge on any atom is 0.319 e. The molecular weight excluding hydrogens is 266 g/mol. The van der Waals surface area contributed by atoms with Gasteiger partial charge < -0.3 is 9.47 Å². The third-order valence-electron chi connectivity index (χ3n) is 4.04. The summed E-state index contributed by atoms with van der Waals surface area (Å²) in [5.74, 6) is 0.719. The number of esters is 1. The van der Waals surface area contributed by atoms with Gasteiger partial charge in [0, 0.05) is 12.6 Å². The van der Waals surface area contributed by atoms with E-state index in [4.69, 9.17) is 9.47 Å². The van der Waals surface area contributed by atoms with Gasteiger partial charge in [-0.1, -0.05) is 25.0 Å². The van der Waals surface area contributed by atoms with Crippen LogP contribution < -0.4 is 4.74 Å². The molecule has 0 bridgehead atoms. The van der Waals surface area contributed by atoms with Gasteiger partial charge in [-0.25, -0.2) is 0 Å². The number of methoxy groups -OCH3 is 1. The van der Waals surface area contributed by atoms with Gasteiger partial charge in [0.05, 0.1) is 13.7 Å². The zero-order chi connectivity index (χ0) is 15.1. The standard InChI is InChI=1S/C17H25NO3/c1-14-6-5-9-16(12-14)21-11-10-18(13-17(19)20-2)15-7-3-4-8-15/h5-6,9,12,15H,3-4,7-8,10-11,13H2,1-2H3. The van der Waals surface area contributed by atoms with E-state index in [0.717, 1.165) is 12.3 Å². The minimum atomic E-state index is -0.169. The van der Waals surface area contributed by atoms with E-state index in [2.05, 4.69) is 17.9 Å². The molecule has 0 atom stereocenters. The fraction of sp³-hybridized carbons (Fsp3) is 0.588. The summed E-state index contributed by atoms with van der Waals surface area (Å²) in [7, 11) is 1.44. The first-order valence-electron chi connectivity index (χ1n) is 7.69. The van der Waals surface area contributed by atoms with Crippen molar-refractivity contribution in [1.82, 2.24) is 4.90 Å². The van der Waals surface area contributed by atoms with E-state index < -0.39 is 0 Å². The fourth-order valence-corrected chi connectivity index (χ4v) is 2.88. The van der Waals surface area contributed by atoms with E-state index in [1.54, 1.807) is 0 Å². The minimum Gasteiger partial charge on any atom is -0.492 e. The number of ether oxygens (including phenoxy) is 2. The maximum atomic E-state index is 11.6. The van der Waals surface area contributed by atoms with Gasteiger partial charge in [-0.05, 0) is 37.5 Å².